The van der Waals surface area contributed by atoms with Gasteiger partial charge < -0.3 is 0 Å². The number of hydrogen-bond acceptors (Lipinski definition) is 1. The molecule has 2 fully saturated rings. The van der Waals surface area contributed by atoms with Gasteiger partial charge in [0, 0.05) is 5.56 Å². The molecule has 0 saturated heterocycles. The first-order valence-corrected chi connectivity index (χ1v) is 14.1. The van der Waals surface area contributed by atoms with Crippen molar-refractivity contribution < 1.29 is 8.78 Å². The summed E-state index contributed by atoms with van der Waals surface area (Å²) in [4.78, 5) is 0. The van der Waals surface area contributed by atoms with Crippen LogP contribution in [0.1, 0.15) is 126 Å². The van der Waals surface area contributed by atoms with Crippen LogP contribution in [0, 0.1) is 25.5 Å². The summed E-state index contributed by atoms with van der Waals surface area (Å²) in [6, 6.07) is 7.84. The molecule has 2 saturated carbocycles. The van der Waals surface area contributed by atoms with Gasteiger partial charge >= 0.3 is 0 Å². The SMILES string of the molecule is CC.CC(C)S.Cc1c(-c2ccc(C3CCCCC3)c(F)c2F)ccc(C2CCCCC2)c1C. The fourth-order valence-electron chi connectivity index (χ4n) is 5.49. The molecule has 3 heteroatoms. The number of hydrogen-bond donors (Lipinski definition) is 1. The Labute approximate surface area is 213 Å². The van der Waals surface area contributed by atoms with Crippen LogP contribution in [0.5, 0.6) is 0 Å². The number of rotatable bonds is 3. The second-order valence-corrected chi connectivity index (χ2v) is 11.1. The molecule has 0 radical (unpaired) electrons. The summed E-state index contributed by atoms with van der Waals surface area (Å²) in [6.07, 6.45) is 11.8. The molecule has 34 heavy (non-hydrogen) atoms. The number of thiol groups is 1. The Morgan fingerprint density at radius 2 is 1.06 bits per heavy atom. The van der Waals surface area contributed by atoms with Crippen LogP contribution in [0.25, 0.3) is 11.1 Å². The Balaban J connectivity index is 0.000000618. The highest BCUT2D eigenvalue weighted by Gasteiger charge is 2.24. The summed E-state index contributed by atoms with van der Waals surface area (Å²) in [5.41, 5.74) is 5.57. The van der Waals surface area contributed by atoms with Gasteiger partial charge in [0.05, 0.1) is 0 Å². The Hall–Kier alpha value is -1.35. The first-order valence-electron chi connectivity index (χ1n) is 13.6. The minimum atomic E-state index is -0.670. The zero-order valence-electron chi connectivity index (χ0n) is 22.3. The highest BCUT2D eigenvalue weighted by atomic mass is 32.1. The summed E-state index contributed by atoms with van der Waals surface area (Å²) in [5, 5.41) is 0.528. The third-order valence-corrected chi connectivity index (χ3v) is 7.32. The van der Waals surface area contributed by atoms with E-state index in [4.69, 9.17) is 0 Å². The van der Waals surface area contributed by atoms with E-state index in [1.54, 1.807) is 0 Å². The first kappa shape index (κ1) is 28.9. The highest BCUT2D eigenvalue weighted by molar-refractivity contribution is 7.80. The monoisotopic (exact) mass is 488 g/mol. The van der Waals surface area contributed by atoms with Gasteiger partial charge in [0.1, 0.15) is 0 Å². The van der Waals surface area contributed by atoms with Crippen LogP contribution in [0.4, 0.5) is 8.78 Å². The van der Waals surface area contributed by atoms with E-state index < -0.39 is 11.6 Å². The third kappa shape index (κ3) is 7.33. The molecule has 190 valence electrons. The molecule has 0 bridgehead atoms. The summed E-state index contributed by atoms with van der Waals surface area (Å²) in [7, 11) is 0. The molecular weight excluding hydrogens is 442 g/mol. The molecule has 0 aliphatic heterocycles. The van der Waals surface area contributed by atoms with Gasteiger partial charge in [0.25, 0.3) is 0 Å². The minimum Gasteiger partial charge on any atom is -0.203 e. The molecule has 0 unspecified atom stereocenters. The summed E-state index contributed by atoms with van der Waals surface area (Å²) in [5.74, 6) is -0.501. The van der Waals surface area contributed by atoms with E-state index in [0.717, 1.165) is 36.8 Å². The van der Waals surface area contributed by atoms with Gasteiger partial charge in [0.15, 0.2) is 11.6 Å². The van der Waals surface area contributed by atoms with Gasteiger partial charge in [-0.2, -0.15) is 12.6 Å². The van der Waals surface area contributed by atoms with E-state index in [0.29, 0.717) is 22.3 Å². The van der Waals surface area contributed by atoms with E-state index >= 15 is 4.39 Å². The smallest absolute Gasteiger partial charge is 0.166 e. The zero-order valence-corrected chi connectivity index (χ0v) is 23.2. The molecule has 2 aromatic carbocycles. The number of halogens is 2. The molecule has 0 heterocycles. The molecular formula is C31H46F2S. The molecule has 4 rings (SSSR count). The van der Waals surface area contributed by atoms with E-state index in [1.807, 2.05) is 45.9 Å². The predicted molar refractivity (Wildman–Crippen MR) is 148 cm³/mol. The van der Waals surface area contributed by atoms with Gasteiger partial charge in [-0.25, -0.2) is 8.78 Å². The van der Waals surface area contributed by atoms with Gasteiger partial charge in [-0.15, -0.1) is 0 Å². The summed E-state index contributed by atoms with van der Waals surface area (Å²) in [6.45, 7) is 12.3. The Morgan fingerprint density at radius 1 is 0.647 bits per heavy atom. The molecule has 0 amide bonds. The lowest BCUT2D eigenvalue weighted by Gasteiger charge is -2.26. The van der Waals surface area contributed by atoms with Crippen LogP contribution in [-0.2, 0) is 0 Å². The zero-order chi connectivity index (χ0) is 25.3. The lowest BCUT2D eigenvalue weighted by atomic mass is 9.80. The fourth-order valence-corrected chi connectivity index (χ4v) is 5.49. The lowest BCUT2D eigenvalue weighted by Crippen LogP contribution is -2.09. The van der Waals surface area contributed by atoms with Crippen molar-refractivity contribution in [1.82, 2.24) is 0 Å². The minimum absolute atomic E-state index is 0.175. The maximum Gasteiger partial charge on any atom is 0.166 e. The Bertz CT molecular complexity index is 817. The topological polar surface area (TPSA) is 0 Å². The van der Waals surface area contributed by atoms with Gasteiger partial charge in [0.2, 0.25) is 0 Å². The van der Waals surface area contributed by atoms with Gasteiger partial charge in [-0.05, 0) is 84.4 Å². The molecule has 0 N–H and O–H groups in total. The van der Waals surface area contributed by atoms with E-state index in [1.165, 1.54) is 49.7 Å². The molecule has 0 nitrogen and oxygen atoms in total. The van der Waals surface area contributed by atoms with Crippen molar-refractivity contribution in [3.8, 4) is 11.1 Å². The molecule has 0 aromatic heterocycles. The highest BCUT2D eigenvalue weighted by Crippen LogP contribution is 2.40. The van der Waals surface area contributed by atoms with Crippen LogP contribution < -0.4 is 0 Å². The Morgan fingerprint density at radius 3 is 1.56 bits per heavy atom. The maximum atomic E-state index is 15.1. The van der Waals surface area contributed by atoms with Crippen molar-refractivity contribution in [2.24, 2.45) is 0 Å². The van der Waals surface area contributed by atoms with E-state index in [-0.39, 0.29) is 5.92 Å². The third-order valence-electron chi connectivity index (χ3n) is 7.32. The molecule has 0 atom stereocenters. The quantitative estimate of drug-likeness (QED) is 0.408. The van der Waals surface area contributed by atoms with Crippen LogP contribution >= 0.6 is 12.6 Å². The largest absolute Gasteiger partial charge is 0.203 e. The van der Waals surface area contributed by atoms with Crippen LogP contribution in [-0.4, -0.2) is 5.25 Å². The standard InChI is InChI=1S/C26H32F2.C3H8S.C2H6/c1-17-18(2)22(14-13-21(17)19-9-5-3-6-10-19)24-16-15-23(25(27)26(24)28)20-11-7-4-8-12-20;1-3(2)4;1-2/h13-16,19-20H,3-12H2,1-2H3;3-4H,1-2H3;1-2H3. The number of benzene rings is 2. The van der Waals surface area contributed by atoms with Gasteiger partial charge in [-0.1, -0.05) is 90.5 Å². The molecule has 2 aliphatic rings. The molecule has 2 aliphatic carbocycles. The Kier molecular flexibility index (Phi) is 12.1. The van der Waals surface area contributed by atoms with Crippen molar-refractivity contribution in [1.29, 1.82) is 0 Å². The van der Waals surface area contributed by atoms with Crippen molar-refractivity contribution in [2.75, 3.05) is 0 Å². The van der Waals surface area contributed by atoms with Crippen molar-refractivity contribution in [3.63, 3.8) is 0 Å². The average molecular weight is 489 g/mol. The second-order valence-electron chi connectivity index (χ2n) is 10.0. The van der Waals surface area contributed by atoms with Crippen LogP contribution in [0.2, 0.25) is 0 Å². The fraction of sp³-hybridized carbons (Fsp3) is 0.613. The van der Waals surface area contributed by atoms with Crippen molar-refractivity contribution in [2.45, 2.75) is 123 Å². The molecule has 0 spiro atoms. The maximum absolute atomic E-state index is 15.1. The van der Waals surface area contributed by atoms with E-state index in [2.05, 4.69) is 32.5 Å². The lowest BCUT2D eigenvalue weighted by molar-refractivity contribution is 0.418. The normalized spacial score (nSPS) is 17.0. The summed E-state index contributed by atoms with van der Waals surface area (Å²) >= 11 is 3.97. The van der Waals surface area contributed by atoms with Crippen molar-refractivity contribution in [3.05, 3.63) is 58.2 Å². The summed E-state index contributed by atoms with van der Waals surface area (Å²) < 4.78 is 30.1. The van der Waals surface area contributed by atoms with E-state index in [9.17, 15) is 4.39 Å². The first-order chi connectivity index (χ1) is 16.3. The average Bonchev–Trinajstić information content (AvgIpc) is 2.85. The van der Waals surface area contributed by atoms with Crippen LogP contribution in [0.15, 0.2) is 24.3 Å². The predicted octanol–water partition coefficient (Wildman–Crippen LogP) is 10.7. The van der Waals surface area contributed by atoms with Crippen molar-refractivity contribution >= 4 is 12.6 Å². The van der Waals surface area contributed by atoms with Crippen LogP contribution in [0.3, 0.4) is 0 Å². The van der Waals surface area contributed by atoms with Gasteiger partial charge in [-0.3, -0.25) is 0 Å². The molecule has 2 aromatic rings. The second kappa shape index (κ2) is 14.3.